The van der Waals surface area contributed by atoms with E-state index in [9.17, 15) is 14.4 Å². The van der Waals surface area contributed by atoms with Crippen LogP contribution in [0.25, 0.3) is 11.2 Å². The molecule has 3 heterocycles. The van der Waals surface area contributed by atoms with E-state index in [4.69, 9.17) is 16.0 Å². The summed E-state index contributed by atoms with van der Waals surface area (Å²) in [6.45, 7) is 1.70. The van der Waals surface area contributed by atoms with Crippen molar-refractivity contribution >= 4 is 28.7 Å². The number of carbonyl (C=O) groups is 1. The first-order chi connectivity index (χ1) is 11.8. The normalized spacial score (nSPS) is 11.2. The van der Waals surface area contributed by atoms with Crippen molar-refractivity contribution in [2.45, 2.75) is 13.5 Å². The number of esters is 1. The number of halogens is 1. The van der Waals surface area contributed by atoms with E-state index in [-0.39, 0.29) is 23.0 Å². The fourth-order valence-corrected chi connectivity index (χ4v) is 2.88. The summed E-state index contributed by atoms with van der Waals surface area (Å²) in [5, 5.41) is 0.0296. The van der Waals surface area contributed by atoms with Gasteiger partial charge in [0.25, 0.3) is 5.56 Å². The van der Waals surface area contributed by atoms with Gasteiger partial charge in [-0.1, -0.05) is 0 Å². The first-order valence-corrected chi connectivity index (χ1v) is 7.63. The maximum absolute atomic E-state index is 12.5. The molecular formula is C15H15ClN4O5. The summed E-state index contributed by atoms with van der Waals surface area (Å²) in [4.78, 5) is 40.3. The summed E-state index contributed by atoms with van der Waals surface area (Å²) < 4.78 is 13.9. The van der Waals surface area contributed by atoms with E-state index in [1.807, 2.05) is 0 Å². The van der Waals surface area contributed by atoms with Crippen molar-refractivity contribution in [1.82, 2.24) is 18.7 Å². The summed E-state index contributed by atoms with van der Waals surface area (Å²) in [5.74, 6) is 0.269. The van der Waals surface area contributed by atoms with Crippen LogP contribution >= 0.6 is 11.6 Å². The minimum Gasteiger partial charge on any atom is -0.465 e. The highest BCUT2D eigenvalue weighted by Gasteiger charge is 2.21. The van der Waals surface area contributed by atoms with Crippen LogP contribution in [0, 0.1) is 6.92 Å². The number of ether oxygens (including phenoxy) is 1. The lowest BCUT2D eigenvalue weighted by Crippen LogP contribution is -2.37. The van der Waals surface area contributed by atoms with Crippen molar-refractivity contribution in [2.75, 3.05) is 7.11 Å². The van der Waals surface area contributed by atoms with Crippen molar-refractivity contribution in [3.8, 4) is 0 Å². The molecule has 0 atom stereocenters. The molecule has 3 aromatic rings. The Kier molecular flexibility index (Phi) is 4.03. The van der Waals surface area contributed by atoms with Crippen LogP contribution in [-0.4, -0.2) is 31.8 Å². The zero-order valence-electron chi connectivity index (χ0n) is 14.0. The third-order valence-corrected chi connectivity index (χ3v) is 4.28. The van der Waals surface area contributed by atoms with E-state index in [2.05, 4.69) is 9.72 Å². The van der Waals surface area contributed by atoms with Crippen LogP contribution in [0.3, 0.4) is 0 Å². The number of methoxy groups -OCH3 is 1. The van der Waals surface area contributed by atoms with Crippen molar-refractivity contribution < 1.29 is 13.9 Å². The molecule has 9 nitrogen and oxygen atoms in total. The standard InChI is InChI=1S/C15H15ClN4O5/c1-7-9(13(22)24-4)5-8(25-7)6-20-10-11(17-14(20)16)18(2)15(23)19(3)12(10)21/h5H,6H2,1-4H3. The van der Waals surface area contributed by atoms with Gasteiger partial charge in [-0.05, 0) is 24.6 Å². The predicted octanol–water partition coefficient (Wildman–Crippen LogP) is 0.823. The predicted molar refractivity (Wildman–Crippen MR) is 89.1 cm³/mol. The molecule has 0 aliphatic heterocycles. The number of fused-ring (bicyclic) bond motifs is 1. The zero-order chi connectivity index (χ0) is 18.5. The highest BCUT2D eigenvalue weighted by molar-refractivity contribution is 6.29. The second-order valence-corrected chi connectivity index (χ2v) is 5.86. The molecule has 0 aromatic carbocycles. The highest BCUT2D eigenvalue weighted by Crippen LogP contribution is 2.21. The topological polar surface area (TPSA) is 101 Å². The van der Waals surface area contributed by atoms with Gasteiger partial charge in [0.05, 0.1) is 13.7 Å². The molecule has 0 saturated carbocycles. The molecule has 0 aliphatic rings. The molecule has 0 spiro atoms. The van der Waals surface area contributed by atoms with Crippen molar-refractivity contribution in [3.05, 3.63) is 49.3 Å². The third-order valence-electron chi connectivity index (χ3n) is 3.99. The molecule has 3 aromatic heterocycles. The number of hydrogen-bond acceptors (Lipinski definition) is 6. The van der Waals surface area contributed by atoms with E-state index < -0.39 is 17.2 Å². The lowest BCUT2D eigenvalue weighted by atomic mass is 10.2. The van der Waals surface area contributed by atoms with Gasteiger partial charge in [0.1, 0.15) is 17.1 Å². The van der Waals surface area contributed by atoms with E-state index >= 15 is 0 Å². The van der Waals surface area contributed by atoms with Crippen LogP contribution in [0.2, 0.25) is 5.28 Å². The summed E-state index contributed by atoms with van der Waals surface area (Å²) in [5.41, 5.74) is -0.384. The van der Waals surface area contributed by atoms with Crippen LogP contribution in [0.4, 0.5) is 0 Å². The lowest BCUT2D eigenvalue weighted by molar-refractivity contribution is 0.0599. The number of imidazole rings is 1. The molecule has 0 radical (unpaired) electrons. The van der Waals surface area contributed by atoms with Gasteiger partial charge in [-0.15, -0.1) is 0 Å². The Morgan fingerprint density at radius 1 is 1.32 bits per heavy atom. The molecule has 3 rings (SSSR count). The van der Waals surface area contributed by atoms with Gasteiger partial charge in [-0.2, -0.15) is 4.98 Å². The number of aromatic nitrogens is 4. The smallest absolute Gasteiger partial charge is 0.341 e. The van der Waals surface area contributed by atoms with Gasteiger partial charge in [0.2, 0.25) is 5.28 Å². The molecule has 25 heavy (non-hydrogen) atoms. The van der Waals surface area contributed by atoms with Crippen molar-refractivity contribution in [2.24, 2.45) is 14.1 Å². The van der Waals surface area contributed by atoms with Gasteiger partial charge in [-0.25, -0.2) is 9.59 Å². The highest BCUT2D eigenvalue weighted by atomic mass is 35.5. The second-order valence-electron chi connectivity index (χ2n) is 5.52. The maximum atomic E-state index is 12.5. The molecule has 0 aliphatic carbocycles. The van der Waals surface area contributed by atoms with Gasteiger partial charge < -0.3 is 13.7 Å². The first kappa shape index (κ1) is 17.0. The van der Waals surface area contributed by atoms with Gasteiger partial charge >= 0.3 is 11.7 Å². The molecular weight excluding hydrogens is 352 g/mol. The second kappa shape index (κ2) is 5.92. The van der Waals surface area contributed by atoms with Crippen LogP contribution in [0.15, 0.2) is 20.1 Å². The van der Waals surface area contributed by atoms with Crippen LogP contribution in [0.1, 0.15) is 21.9 Å². The van der Waals surface area contributed by atoms with E-state index in [0.717, 1.165) is 4.57 Å². The molecule has 0 bridgehead atoms. The number of rotatable bonds is 3. The maximum Gasteiger partial charge on any atom is 0.341 e. The molecule has 0 amide bonds. The molecule has 10 heteroatoms. The number of aryl methyl sites for hydroxylation is 2. The van der Waals surface area contributed by atoms with E-state index in [1.165, 1.54) is 36.4 Å². The summed E-state index contributed by atoms with van der Waals surface area (Å²) in [7, 11) is 4.16. The summed E-state index contributed by atoms with van der Waals surface area (Å²) >= 11 is 6.16. The third kappa shape index (κ3) is 2.56. The fraction of sp³-hybridized carbons (Fsp3) is 0.333. The van der Waals surface area contributed by atoms with Crippen molar-refractivity contribution in [3.63, 3.8) is 0 Å². The minimum atomic E-state index is -0.521. The lowest BCUT2D eigenvalue weighted by Gasteiger charge is -2.05. The van der Waals surface area contributed by atoms with Crippen LogP contribution in [0.5, 0.6) is 0 Å². The number of hydrogen-bond donors (Lipinski definition) is 0. The Labute approximate surface area is 146 Å². The molecule has 132 valence electrons. The van der Waals surface area contributed by atoms with E-state index in [1.54, 1.807) is 6.92 Å². The average Bonchev–Trinajstić information content (AvgIpc) is 3.11. The molecule has 0 N–H and O–H groups in total. The van der Waals surface area contributed by atoms with Gasteiger partial charge in [0, 0.05) is 14.1 Å². The number of carbonyl (C=O) groups excluding carboxylic acids is 1. The summed E-state index contributed by atoms with van der Waals surface area (Å²) in [6.07, 6.45) is 0. The largest absolute Gasteiger partial charge is 0.465 e. The van der Waals surface area contributed by atoms with Crippen LogP contribution < -0.4 is 11.2 Å². The first-order valence-electron chi connectivity index (χ1n) is 7.25. The van der Waals surface area contributed by atoms with E-state index in [0.29, 0.717) is 17.1 Å². The molecule has 0 unspecified atom stereocenters. The Balaban J connectivity index is 2.18. The fourth-order valence-electron chi connectivity index (χ4n) is 2.65. The van der Waals surface area contributed by atoms with Crippen molar-refractivity contribution in [1.29, 1.82) is 0 Å². The van der Waals surface area contributed by atoms with Gasteiger partial charge in [-0.3, -0.25) is 13.9 Å². The molecule has 0 saturated heterocycles. The zero-order valence-corrected chi connectivity index (χ0v) is 14.7. The SMILES string of the molecule is COC(=O)c1cc(Cn2c(Cl)nc3c2c(=O)n(C)c(=O)n3C)oc1C. The number of furan rings is 1. The Morgan fingerprint density at radius 2 is 2.00 bits per heavy atom. The Bertz CT molecular complexity index is 1120. The Hall–Kier alpha value is -2.81. The van der Waals surface area contributed by atoms with Gasteiger partial charge in [0.15, 0.2) is 11.2 Å². The Morgan fingerprint density at radius 3 is 2.64 bits per heavy atom. The average molecular weight is 367 g/mol. The summed E-state index contributed by atoms with van der Waals surface area (Å²) in [6, 6.07) is 1.52. The monoisotopic (exact) mass is 366 g/mol. The quantitative estimate of drug-likeness (QED) is 0.502. The minimum absolute atomic E-state index is 0.0296. The van der Waals surface area contributed by atoms with Crippen LogP contribution in [-0.2, 0) is 25.4 Å². The molecule has 0 fully saturated rings. The number of nitrogens with zero attached hydrogens (tertiary/aromatic N) is 4.